The molecule has 1 atom stereocenters. The van der Waals surface area contributed by atoms with Crippen molar-refractivity contribution in [2.45, 2.75) is 12.7 Å². The fraction of sp³-hybridized carbons (Fsp3) is 0.211. The highest BCUT2D eigenvalue weighted by Gasteiger charge is 2.31. The Bertz CT molecular complexity index is 778. The molecule has 0 aromatic heterocycles. The molecule has 0 aliphatic carbocycles. The van der Waals surface area contributed by atoms with E-state index in [1.165, 1.54) is 12.1 Å². The second-order valence-corrected chi connectivity index (χ2v) is 5.68. The molecule has 1 heterocycles. The van der Waals surface area contributed by atoms with Gasteiger partial charge < -0.3 is 18.8 Å². The van der Waals surface area contributed by atoms with Crippen LogP contribution in [-0.2, 0) is 12.7 Å². The van der Waals surface area contributed by atoms with E-state index in [0.29, 0.717) is 29.5 Å². The molecule has 0 saturated heterocycles. The number of benzene rings is 2. The Morgan fingerprint density at radius 2 is 1.62 bits per heavy atom. The predicted molar refractivity (Wildman–Crippen MR) is 88.6 cm³/mol. The van der Waals surface area contributed by atoms with Crippen LogP contribution in [0, 0.1) is 13.2 Å². The Balaban J connectivity index is 1.86. The Hall–Kier alpha value is -2.67. The largest absolute Gasteiger partial charge is 0.497 e. The molecular formula is C19H18F3NO3. The van der Waals surface area contributed by atoms with E-state index in [9.17, 15) is 13.2 Å². The molecule has 2 aromatic carbocycles. The zero-order valence-corrected chi connectivity index (χ0v) is 14.3. The SMILES string of the molecule is COc1cccc(OC)c1C1=[O+][CH-][CH-][NH+]1Cc1ccc(C(F)(F)F)cc1. The first-order chi connectivity index (χ1) is 12.4. The Kier molecular flexibility index (Phi) is 5.08. The minimum Gasteiger partial charge on any atom is -0.497 e. The van der Waals surface area contributed by atoms with Crippen molar-refractivity contribution < 1.29 is 32.0 Å². The van der Waals surface area contributed by atoms with Gasteiger partial charge in [-0.2, -0.15) is 13.2 Å². The summed E-state index contributed by atoms with van der Waals surface area (Å²) < 4.78 is 54.6. The highest BCUT2D eigenvalue weighted by molar-refractivity contribution is 5.95. The molecule has 0 spiro atoms. The lowest BCUT2D eigenvalue weighted by Gasteiger charge is -2.23. The molecule has 138 valence electrons. The summed E-state index contributed by atoms with van der Waals surface area (Å²) in [5.41, 5.74) is 0.749. The molecule has 3 rings (SSSR count). The molecule has 1 N–H and O–H groups in total. The number of nitrogens with one attached hydrogen (secondary N) is 1. The molecule has 4 nitrogen and oxygen atoms in total. The van der Waals surface area contributed by atoms with Crippen LogP contribution in [0.25, 0.3) is 0 Å². The van der Waals surface area contributed by atoms with Crippen LogP contribution in [0.3, 0.4) is 0 Å². The van der Waals surface area contributed by atoms with Crippen molar-refractivity contribution in [1.82, 2.24) is 0 Å². The third kappa shape index (κ3) is 3.62. The van der Waals surface area contributed by atoms with Crippen molar-refractivity contribution in [3.05, 3.63) is 72.3 Å². The summed E-state index contributed by atoms with van der Waals surface area (Å²) in [5.74, 6) is 1.75. The molecule has 1 aliphatic heterocycles. The van der Waals surface area contributed by atoms with Gasteiger partial charge in [0.1, 0.15) is 17.1 Å². The van der Waals surface area contributed by atoms with E-state index in [-0.39, 0.29) is 0 Å². The van der Waals surface area contributed by atoms with Gasteiger partial charge in [0, 0.05) is 5.56 Å². The van der Waals surface area contributed by atoms with Gasteiger partial charge in [0.15, 0.2) is 0 Å². The van der Waals surface area contributed by atoms with E-state index >= 15 is 0 Å². The lowest BCUT2D eigenvalue weighted by Crippen LogP contribution is -3.09. The number of methoxy groups -OCH3 is 2. The monoisotopic (exact) mass is 365 g/mol. The van der Waals surface area contributed by atoms with Crippen molar-refractivity contribution in [2.24, 2.45) is 0 Å². The Morgan fingerprint density at radius 1 is 1.00 bits per heavy atom. The first kappa shape index (κ1) is 18.1. The van der Waals surface area contributed by atoms with Crippen LogP contribution in [0.2, 0.25) is 0 Å². The van der Waals surface area contributed by atoms with Crippen molar-refractivity contribution in [2.75, 3.05) is 14.2 Å². The fourth-order valence-corrected chi connectivity index (χ4v) is 2.80. The number of hydrogen-bond acceptors (Lipinski definition) is 2. The summed E-state index contributed by atoms with van der Waals surface area (Å²) in [6, 6.07) is 10.5. The molecule has 0 fully saturated rings. The van der Waals surface area contributed by atoms with Crippen molar-refractivity contribution in [3.8, 4) is 11.5 Å². The molecule has 0 bridgehead atoms. The summed E-state index contributed by atoms with van der Waals surface area (Å²) in [6.45, 7) is 3.75. The number of quaternary nitrogens is 1. The Morgan fingerprint density at radius 3 is 2.15 bits per heavy atom. The maximum absolute atomic E-state index is 12.7. The second kappa shape index (κ2) is 7.29. The molecule has 26 heavy (non-hydrogen) atoms. The van der Waals surface area contributed by atoms with E-state index < -0.39 is 11.7 Å². The van der Waals surface area contributed by atoms with Gasteiger partial charge in [0.25, 0.3) is 0 Å². The zero-order valence-electron chi connectivity index (χ0n) is 14.3. The Labute approximate surface area is 149 Å². The molecular weight excluding hydrogens is 347 g/mol. The first-order valence-electron chi connectivity index (χ1n) is 7.88. The number of rotatable bonds is 5. The van der Waals surface area contributed by atoms with Crippen LogP contribution < -0.4 is 14.4 Å². The summed E-state index contributed by atoms with van der Waals surface area (Å²) in [4.78, 5) is 0.826. The van der Waals surface area contributed by atoms with Crippen LogP contribution in [0.1, 0.15) is 21.1 Å². The lowest BCUT2D eigenvalue weighted by atomic mass is 10.1. The number of amides is 1. The van der Waals surface area contributed by atoms with Crippen LogP contribution >= 0.6 is 0 Å². The van der Waals surface area contributed by atoms with Gasteiger partial charge in [-0.3, -0.25) is 0 Å². The summed E-state index contributed by atoms with van der Waals surface area (Å²) in [6.07, 6.45) is -4.34. The third-order valence-corrected chi connectivity index (χ3v) is 4.08. The second-order valence-electron chi connectivity index (χ2n) is 5.68. The topological polar surface area (TPSA) is 34.2 Å². The lowest BCUT2D eigenvalue weighted by molar-refractivity contribution is -0.782. The molecule has 7 heteroatoms. The normalized spacial score (nSPS) is 16.8. The average Bonchev–Trinajstić information content (AvgIpc) is 3.08. The van der Waals surface area contributed by atoms with Gasteiger partial charge in [-0.25, -0.2) is 0 Å². The first-order valence-corrected chi connectivity index (χ1v) is 7.88. The molecule has 0 radical (unpaired) electrons. The highest BCUT2D eigenvalue weighted by Crippen LogP contribution is 2.30. The van der Waals surface area contributed by atoms with E-state index in [1.54, 1.807) is 45.6 Å². The molecule has 0 saturated carbocycles. The fourth-order valence-electron chi connectivity index (χ4n) is 2.80. The third-order valence-electron chi connectivity index (χ3n) is 4.08. The van der Waals surface area contributed by atoms with E-state index in [2.05, 4.69) is 0 Å². The van der Waals surface area contributed by atoms with Gasteiger partial charge >= 0.3 is 12.1 Å². The summed E-state index contributed by atoms with van der Waals surface area (Å²) in [7, 11) is 3.10. The molecule has 1 unspecified atom stereocenters. The average molecular weight is 365 g/mol. The smallest absolute Gasteiger partial charge is 0.416 e. The van der Waals surface area contributed by atoms with Gasteiger partial charge in [-0.1, -0.05) is 18.2 Å². The van der Waals surface area contributed by atoms with E-state index in [1.807, 2.05) is 0 Å². The molecule has 0 amide bonds. The van der Waals surface area contributed by atoms with E-state index in [4.69, 9.17) is 13.9 Å². The standard InChI is InChI=1S/C19H18F3NO3/c1-24-15-4-3-5-16(25-2)17(15)18-23(10-11-26-18)12-13-6-8-14(9-7-13)19(20,21)22/h3-11,23H,12H2,1-2H3. The number of hydrogen-bond donors (Lipinski definition) is 1. The van der Waals surface area contributed by atoms with Gasteiger partial charge in [0.05, 0.1) is 32.9 Å². The quantitative estimate of drug-likeness (QED) is 0.653. The van der Waals surface area contributed by atoms with E-state index in [0.717, 1.165) is 22.6 Å². The number of carbonyl (C=O) groups excluding carboxylic acids is 1. The van der Waals surface area contributed by atoms with Gasteiger partial charge in [0.2, 0.25) is 0 Å². The van der Waals surface area contributed by atoms with Crippen molar-refractivity contribution in [1.29, 1.82) is 0 Å². The van der Waals surface area contributed by atoms with Gasteiger partial charge in [-0.15, -0.1) is 6.54 Å². The summed E-state index contributed by atoms with van der Waals surface area (Å²) in [5, 5.41) is 0. The van der Waals surface area contributed by atoms with Crippen molar-refractivity contribution >= 4 is 5.91 Å². The predicted octanol–water partition coefficient (Wildman–Crippen LogP) is 2.82. The maximum atomic E-state index is 12.7. The summed E-state index contributed by atoms with van der Waals surface area (Å²) >= 11 is 0. The van der Waals surface area contributed by atoms with Gasteiger partial charge in [-0.05, 0) is 24.3 Å². The van der Waals surface area contributed by atoms with Crippen molar-refractivity contribution in [3.63, 3.8) is 0 Å². The zero-order chi connectivity index (χ0) is 18.7. The van der Waals surface area contributed by atoms with Crippen LogP contribution in [0.4, 0.5) is 13.2 Å². The van der Waals surface area contributed by atoms with Crippen LogP contribution in [0.5, 0.6) is 11.5 Å². The number of alkyl halides is 3. The maximum Gasteiger partial charge on any atom is 0.416 e. The number of ether oxygens (including phenoxy) is 2. The van der Waals surface area contributed by atoms with Crippen LogP contribution in [0.15, 0.2) is 42.5 Å². The van der Waals surface area contributed by atoms with Crippen LogP contribution in [-0.4, -0.2) is 20.1 Å². The molecule has 2 aromatic rings. The minimum atomic E-state index is -4.34. The number of halogens is 3. The minimum absolute atomic E-state index is 0.422. The highest BCUT2D eigenvalue weighted by atomic mass is 19.4. The molecule has 1 aliphatic rings.